The van der Waals surface area contributed by atoms with E-state index >= 15 is 0 Å². The summed E-state index contributed by atoms with van der Waals surface area (Å²) in [6, 6.07) is 2.20. The zero-order valence-electron chi connectivity index (χ0n) is 13.4. The molecule has 0 aliphatic heterocycles. The number of aliphatic carboxylic acids is 1. The van der Waals surface area contributed by atoms with E-state index in [9.17, 15) is 14.7 Å². The zero-order valence-corrected chi connectivity index (χ0v) is 14.2. The molecule has 0 spiro atoms. The molecule has 0 aromatic carbocycles. The first kappa shape index (κ1) is 19.0. The van der Waals surface area contributed by atoms with Crippen LogP contribution in [0.2, 0.25) is 5.02 Å². The molecule has 128 valence electrons. The van der Waals surface area contributed by atoms with Gasteiger partial charge >= 0.3 is 12.1 Å². The second kappa shape index (κ2) is 8.01. The summed E-state index contributed by atoms with van der Waals surface area (Å²) in [6.45, 7) is 5.11. The van der Waals surface area contributed by atoms with Crippen molar-refractivity contribution in [1.29, 1.82) is 0 Å². The zero-order chi connectivity index (χ0) is 17.6. The van der Waals surface area contributed by atoms with Gasteiger partial charge in [0.05, 0.1) is 10.7 Å². The standard InChI is InChI=1S/C15H22ClN3O4/c1-15(2,3)23-14(22)19-11(13(20)21)6-4-5-10-9(16)7-8-12(17)18-10/h7-8,11H,4-6H2,1-3H3,(H2,17,18)(H,19,22)(H,20,21). The van der Waals surface area contributed by atoms with Gasteiger partial charge in [-0.1, -0.05) is 11.6 Å². The average molecular weight is 344 g/mol. The molecule has 0 fully saturated rings. The highest BCUT2D eigenvalue weighted by Gasteiger charge is 2.23. The number of hydrogen-bond donors (Lipinski definition) is 3. The number of ether oxygens (including phenoxy) is 1. The van der Waals surface area contributed by atoms with Gasteiger partial charge in [0.2, 0.25) is 0 Å². The van der Waals surface area contributed by atoms with E-state index in [0.29, 0.717) is 29.4 Å². The molecule has 7 nitrogen and oxygen atoms in total. The highest BCUT2D eigenvalue weighted by atomic mass is 35.5. The highest BCUT2D eigenvalue weighted by Crippen LogP contribution is 2.18. The Bertz CT molecular complexity index is 572. The number of aromatic nitrogens is 1. The Kier molecular flexibility index (Phi) is 6.62. The Hall–Kier alpha value is -2.02. The number of carbonyl (C=O) groups is 2. The number of carboxylic acids is 1. The summed E-state index contributed by atoms with van der Waals surface area (Å²) in [6.07, 6.45) is 0.401. The van der Waals surface area contributed by atoms with Crippen molar-refractivity contribution >= 4 is 29.5 Å². The van der Waals surface area contributed by atoms with Crippen molar-refractivity contribution in [1.82, 2.24) is 10.3 Å². The molecule has 1 aromatic heterocycles. The van der Waals surface area contributed by atoms with Crippen LogP contribution >= 0.6 is 11.6 Å². The van der Waals surface area contributed by atoms with Gasteiger partial charge < -0.3 is 20.9 Å². The lowest BCUT2D eigenvalue weighted by Crippen LogP contribution is -2.43. The minimum Gasteiger partial charge on any atom is -0.480 e. The molecular formula is C15H22ClN3O4. The predicted molar refractivity (Wildman–Crippen MR) is 87.4 cm³/mol. The average Bonchev–Trinajstić information content (AvgIpc) is 2.39. The Labute approximate surface area is 140 Å². The van der Waals surface area contributed by atoms with Crippen molar-refractivity contribution in [2.75, 3.05) is 5.73 Å². The van der Waals surface area contributed by atoms with Crippen LogP contribution in [0.15, 0.2) is 12.1 Å². The first-order valence-electron chi connectivity index (χ1n) is 7.21. The van der Waals surface area contributed by atoms with Gasteiger partial charge in [-0.2, -0.15) is 0 Å². The van der Waals surface area contributed by atoms with Crippen LogP contribution in [-0.4, -0.2) is 33.8 Å². The molecule has 0 aliphatic rings. The lowest BCUT2D eigenvalue weighted by molar-refractivity contribution is -0.139. The number of carboxylic acid groups (broad SMARTS) is 1. The summed E-state index contributed by atoms with van der Waals surface area (Å²) in [5.41, 5.74) is 5.51. The summed E-state index contributed by atoms with van der Waals surface area (Å²) in [5, 5.41) is 12.0. The monoisotopic (exact) mass is 343 g/mol. The maximum atomic E-state index is 11.7. The number of anilines is 1. The van der Waals surface area contributed by atoms with Crippen LogP contribution in [0.4, 0.5) is 10.6 Å². The summed E-state index contributed by atoms with van der Waals surface area (Å²) in [4.78, 5) is 27.0. The van der Waals surface area contributed by atoms with Crippen LogP contribution < -0.4 is 11.1 Å². The van der Waals surface area contributed by atoms with Crippen molar-refractivity contribution in [3.8, 4) is 0 Å². The third kappa shape index (κ3) is 7.19. The first-order chi connectivity index (χ1) is 10.6. The van der Waals surface area contributed by atoms with Crippen LogP contribution in [0.1, 0.15) is 39.3 Å². The number of halogens is 1. The first-order valence-corrected chi connectivity index (χ1v) is 7.59. The van der Waals surface area contributed by atoms with Gasteiger partial charge in [-0.15, -0.1) is 0 Å². The second-order valence-corrected chi connectivity index (χ2v) is 6.50. The van der Waals surface area contributed by atoms with Crippen molar-refractivity contribution < 1.29 is 19.4 Å². The number of nitrogens with one attached hydrogen (secondary N) is 1. The number of carbonyl (C=O) groups excluding carboxylic acids is 1. The Morgan fingerprint density at radius 1 is 1.43 bits per heavy atom. The van der Waals surface area contributed by atoms with Crippen LogP contribution in [-0.2, 0) is 16.0 Å². The SMILES string of the molecule is CC(C)(C)OC(=O)NC(CCCc1nc(N)ccc1Cl)C(=O)O. The number of amides is 1. The molecule has 23 heavy (non-hydrogen) atoms. The van der Waals surface area contributed by atoms with Crippen molar-refractivity contribution in [2.45, 2.75) is 51.7 Å². The lowest BCUT2D eigenvalue weighted by Gasteiger charge is -2.22. The minimum absolute atomic E-state index is 0.224. The number of nitrogens with two attached hydrogens (primary N) is 1. The smallest absolute Gasteiger partial charge is 0.408 e. The molecular weight excluding hydrogens is 322 g/mol. The topological polar surface area (TPSA) is 115 Å². The molecule has 1 rings (SSSR count). The number of nitrogens with zero attached hydrogens (tertiary/aromatic N) is 1. The van der Waals surface area contributed by atoms with Crippen LogP contribution in [0.5, 0.6) is 0 Å². The van der Waals surface area contributed by atoms with Crippen LogP contribution in [0, 0.1) is 0 Å². The molecule has 0 saturated heterocycles. The number of hydrogen-bond acceptors (Lipinski definition) is 5. The lowest BCUT2D eigenvalue weighted by atomic mass is 10.1. The molecule has 1 aromatic rings. The minimum atomic E-state index is -1.12. The van der Waals surface area contributed by atoms with E-state index in [2.05, 4.69) is 10.3 Å². The number of pyridine rings is 1. The molecule has 1 atom stereocenters. The van der Waals surface area contributed by atoms with Gasteiger partial charge in [0.15, 0.2) is 0 Å². The van der Waals surface area contributed by atoms with Gasteiger partial charge in [-0.05, 0) is 52.2 Å². The van der Waals surface area contributed by atoms with E-state index in [0.717, 1.165) is 0 Å². The number of nitrogen functional groups attached to an aromatic ring is 1. The molecule has 0 saturated carbocycles. The molecule has 0 radical (unpaired) electrons. The van der Waals surface area contributed by atoms with Crippen molar-refractivity contribution in [3.63, 3.8) is 0 Å². The second-order valence-electron chi connectivity index (χ2n) is 6.09. The fourth-order valence-electron chi connectivity index (χ4n) is 1.86. The third-order valence-electron chi connectivity index (χ3n) is 2.84. The van der Waals surface area contributed by atoms with E-state index in [1.54, 1.807) is 32.9 Å². The van der Waals surface area contributed by atoms with E-state index in [1.165, 1.54) is 0 Å². The van der Waals surface area contributed by atoms with Crippen molar-refractivity contribution in [3.05, 3.63) is 22.8 Å². The summed E-state index contributed by atoms with van der Waals surface area (Å²) < 4.78 is 5.05. The summed E-state index contributed by atoms with van der Waals surface area (Å²) in [5.74, 6) is -0.770. The Morgan fingerprint density at radius 3 is 2.65 bits per heavy atom. The van der Waals surface area contributed by atoms with Gasteiger partial charge in [0, 0.05) is 0 Å². The molecule has 0 aliphatic carbocycles. The fourth-order valence-corrected chi connectivity index (χ4v) is 2.06. The molecule has 1 heterocycles. The Balaban J connectivity index is 2.55. The van der Waals surface area contributed by atoms with Gasteiger partial charge in [-0.25, -0.2) is 14.6 Å². The van der Waals surface area contributed by atoms with Gasteiger partial charge in [-0.3, -0.25) is 0 Å². The van der Waals surface area contributed by atoms with E-state index in [1.807, 2.05) is 0 Å². The fraction of sp³-hybridized carbons (Fsp3) is 0.533. The highest BCUT2D eigenvalue weighted by molar-refractivity contribution is 6.31. The van der Waals surface area contributed by atoms with Crippen molar-refractivity contribution in [2.24, 2.45) is 0 Å². The van der Waals surface area contributed by atoms with Gasteiger partial charge in [0.25, 0.3) is 0 Å². The van der Waals surface area contributed by atoms with Gasteiger partial charge in [0.1, 0.15) is 17.5 Å². The van der Waals surface area contributed by atoms with E-state index < -0.39 is 23.7 Å². The maximum absolute atomic E-state index is 11.7. The summed E-state index contributed by atoms with van der Waals surface area (Å²) in [7, 11) is 0. The quantitative estimate of drug-likeness (QED) is 0.731. The Morgan fingerprint density at radius 2 is 2.09 bits per heavy atom. The largest absolute Gasteiger partial charge is 0.480 e. The van der Waals surface area contributed by atoms with E-state index in [-0.39, 0.29) is 6.42 Å². The maximum Gasteiger partial charge on any atom is 0.408 e. The third-order valence-corrected chi connectivity index (χ3v) is 3.18. The van der Waals surface area contributed by atoms with E-state index in [4.69, 9.17) is 22.1 Å². The number of rotatable bonds is 6. The normalized spacial score (nSPS) is 12.5. The number of aryl methyl sites for hydroxylation is 1. The summed E-state index contributed by atoms with van der Waals surface area (Å²) >= 11 is 6.01. The molecule has 8 heteroatoms. The number of alkyl carbamates (subject to hydrolysis) is 1. The predicted octanol–water partition coefficient (Wildman–Crippen LogP) is 2.62. The molecule has 1 unspecified atom stereocenters. The molecule has 4 N–H and O–H groups in total. The molecule has 1 amide bonds. The molecule has 0 bridgehead atoms. The van der Waals surface area contributed by atoms with Crippen LogP contribution in [0.25, 0.3) is 0 Å². The van der Waals surface area contributed by atoms with Crippen LogP contribution in [0.3, 0.4) is 0 Å².